The Bertz CT molecular complexity index is 478. The highest BCUT2D eigenvalue weighted by Crippen LogP contribution is 2.19. The number of aliphatic hydroxyl groups is 2. The maximum atomic E-state index is 10.2. The van der Waals surface area contributed by atoms with Gasteiger partial charge in [0, 0.05) is 11.5 Å². The van der Waals surface area contributed by atoms with Crippen LogP contribution in [-0.4, -0.2) is 29.1 Å². The van der Waals surface area contributed by atoms with Gasteiger partial charge >= 0.3 is 0 Å². The predicted octanol–water partition coefficient (Wildman–Crippen LogP) is 1.99. The Morgan fingerprint density at radius 3 is 2.58 bits per heavy atom. The highest BCUT2D eigenvalue weighted by molar-refractivity contribution is 5.73. The molecule has 0 saturated heterocycles. The Hall–Kier alpha value is -2.14. The molecule has 0 heterocycles. The van der Waals surface area contributed by atoms with E-state index < -0.39 is 12.2 Å². The molecule has 0 aliphatic rings. The first-order chi connectivity index (χ1) is 9.19. The van der Waals surface area contributed by atoms with E-state index >= 15 is 0 Å². The van der Waals surface area contributed by atoms with Crippen LogP contribution < -0.4 is 0 Å². The van der Waals surface area contributed by atoms with E-state index in [0.29, 0.717) is 11.8 Å². The molecule has 0 radical (unpaired) electrons. The first-order valence-electron chi connectivity index (χ1n) is 5.78. The van der Waals surface area contributed by atoms with Crippen molar-refractivity contribution in [1.82, 2.24) is 0 Å². The molecule has 0 fully saturated rings. The van der Waals surface area contributed by atoms with Crippen LogP contribution in [0.2, 0.25) is 0 Å². The summed E-state index contributed by atoms with van der Waals surface area (Å²) in [5.74, 6) is 0. The van der Waals surface area contributed by atoms with Gasteiger partial charge in [-0.2, -0.15) is 0 Å². The van der Waals surface area contributed by atoms with Gasteiger partial charge in [-0.3, -0.25) is 4.79 Å². The van der Waals surface area contributed by atoms with E-state index in [1.165, 1.54) is 6.08 Å². The lowest BCUT2D eigenvalue weighted by Gasteiger charge is -2.17. The van der Waals surface area contributed by atoms with Gasteiger partial charge in [-0.15, -0.1) is 0 Å². The lowest BCUT2D eigenvalue weighted by atomic mass is 10.0. The molecule has 0 spiro atoms. The fourth-order valence-corrected chi connectivity index (χ4v) is 1.57. The number of benzene rings is 1. The maximum Gasteiger partial charge on any atom is 0.142 e. The predicted molar refractivity (Wildman–Crippen MR) is 71.1 cm³/mol. The minimum atomic E-state index is -1.03. The molecule has 100 valence electrons. The van der Waals surface area contributed by atoms with Gasteiger partial charge in [0.2, 0.25) is 0 Å². The molecule has 0 aliphatic heterocycles. The van der Waals surface area contributed by atoms with Gasteiger partial charge in [0.25, 0.3) is 0 Å². The van der Waals surface area contributed by atoms with Crippen molar-refractivity contribution in [3.63, 3.8) is 0 Å². The molecule has 0 saturated carbocycles. The number of carbonyl (C=O) groups excluding carboxylic acids is 1. The Morgan fingerprint density at radius 2 is 2.00 bits per heavy atom. The number of azide groups is 1. The molecular weight excluding hydrogens is 246 g/mol. The Labute approximate surface area is 110 Å². The average molecular weight is 261 g/mol. The zero-order valence-electron chi connectivity index (χ0n) is 10.3. The first kappa shape index (κ1) is 14.9. The van der Waals surface area contributed by atoms with Crippen LogP contribution in [0.3, 0.4) is 0 Å². The summed E-state index contributed by atoms with van der Waals surface area (Å²) < 4.78 is 0. The number of hydrogen-bond donors (Lipinski definition) is 2. The fourth-order valence-electron chi connectivity index (χ4n) is 1.57. The number of nitrogens with zero attached hydrogens (tertiary/aromatic N) is 3. The normalized spacial score (nSPS) is 13.8. The maximum absolute atomic E-state index is 10.2. The van der Waals surface area contributed by atoms with Crippen molar-refractivity contribution >= 4 is 12.4 Å². The molecule has 2 N–H and O–H groups in total. The van der Waals surface area contributed by atoms with Crippen LogP contribution >= 0.6 is 0 Å². The number of hydrogen-bond acceptors (Lipinski definition) is 4. The third-order valence-electron chi connectivity index (χ3n) is 2.60. The van der Waals surface area contributed by atoms with Crippen LogP contribution in [0.1, 0.15) is 23.7 Å². The fraction of sp³-hybridized carbons (Fsp3) is 0.308. The number of carbonyl (C=O) groups is 1. The van der Waals surface area contributed by atoms with E-state index in [4.69, 9.17) is 5.53 Å². The van der Waals surface area contributed by atoms with E-state index in [2.05, 4.69) is 10.0 Å². The van der Waals surface area contributed by atoms with Crippen molar-refractivity contribution in [2.45, 2.75) is 18.6 Å². The van der Waals surface area contributed by atoms with Gasteiger partial charge in [-0.1, -0.05) is 35.5 Å². The van der Waals surface area contributed by atoms with E-state index in [9.17, 15) is 15.0 Å². The van der Waals surface area contributed by atoms with Crippen LogP contribution in [0.4, 0.5) is 0 Å². The topological polar surface area (TPSA) is 106 Å². The first-order valence-corrected chi connectivity index (χ1v) is 5.78. The van der Waals surface area contributed by atoms with Gasteiger partial charge in [-0.25, -0.2) is 0 Å². The Kier molecular flexibility index (Phi) is 6.32. The van der Waals surface area contributed by atoms with E-state index in [0.717, 1.165) is 5.56 Å². The monoisotopic (exact) mass is 261 g/mol. The third-order valence-corrected chi connectivity index (χ3v) is 2.60. The Morgan fingerprint density at radius 1 is 1.32 bits per heavy atom. The van der Waals surface area contributed by atoms with Gasteiger partial charge in [0.05, 0.1) is 6.10 Å². The SMILES string of the molecule is [N-]=[N+]=NCCC(O)C(O)c1ccc(/C=C/C=O)cc1. The number of allylic oxidation sites excluding steroid dienone is 1. The molecule has 1 aromatic rings. The number of aldehydes is 1. The lowest BCUT2D eigenvalue weighted by Crippen LogP contribution is -2.19. The molecule has 0 aromatic heterocycles. The average Bonchev–Trinajstić information content (AvgIpc) is 2.45. The highest BCUT2D eigenvalue weighted by atomic mass is 16.3. The second-order valence-corrected chi connectivity index (χ2v) is 3.92. The minimum absolute atomic E-state index is 0.134. The number of aliphatic hydroxyl groups excluding tert-OH is 2. The molecule has 2 atom stereocenters. The molecule has 19 heavy (non-hydrogen) atoms. The van der Waals surface area contributed by atoms with Gasteiger partial charge < -0.3 is 10.2 Å². The molecular formula is C13H15N3O3. The summed E-state index contributed by atoms with van der Waals surface area (Å²) in [6.07, 6.45) is 1.88. The van der Waals surface area contributed by atoms with Gasteiger partial charge in [-0.05, 0) is 29.2 Å². The minimum Gasteiger partial charge on any atom is -0.390 e. The number of rotatable bonds is 7. The molecule has 6 heteroatoms. The smallest absolute Gasteiger partial charge is 0.142 e. The molecule has 0 amide bonds. The lowest BCUT2D eigenvalue weighted by molar-refractivity contribution is -0.104. The molecule has 1 aromatic carbocycles. The van der Waals surface area contributed by atoms with E-state index in [1.807, 2.05) is 0 Å². The molecule has 1 rings (SSSR count). The molecule has 6 nitrogen and oxygen atoms in total. The molecule has 2 unspecified atom stereocenters. The van der Waals surface area contributed by atoms with Crippen LogP contribution in [0.25, 0.3) is 16.5 Å². The summed E-state index contributed by atoms with van der Waals surface area (Å²) in [6, 6.07) is 6.81. The van der Waals surface area contributed by atoms with E-state index in [1.54, 1.807) is 30.3 Å². The molecule has 0 bridgehead atoms. The summed E-state index contributed by atoms with van der Waals surface area (Å²) >= 11 is 0. The molecule has 0 aliphatic carbocycles. The third kappa shape index (κ3) is 4.93. The zero-order valence-corrected chi connectivity index (χ0v) is 10.3. The van der Waals surface area contributed by atoms with Crippen LogP contribution in [-0.2, 0) is 4.79 Å². The second kappa shape index (κ2) is 8.05. The second-order valence-electron chi connectivity index (χ2n) is 3.92. The van der Waals surface area contributed by atoms with E-state index in [-0.39, 0.29) is 13.0 Å². The van der Waals surface area contributed by atoms with Gasteiger partial charge in [0.15, 0.2) is 0 Å². The van der Waals surface area contributed by atoms with Crippen LogP contribution in [0, 0.1) is 0 Å². The highest BCUT2D eigenvalue weighted by Gasteiger charge is 2.17. The standard InChI is InChI=1S/C13H15N3O3/c14-16-15-8-7-12(18)13(19)11-5-3-10(4-6-11)2-1-9-17/h1-6,9,12-13,18-19H,7-8H2/b2-1+. The summed E-state index contributed by atoms with van der Waals surface area (Å²) in [6.45, 7) is 0.134. The summed E-state index contributed by atoms with van der Waals surface area (Å²) in [4.78, 5) is 12.7. The summed E-state index contributed by atoms with van der Waals surface area (Å²) in [7, 11) is 0. The van der Waals surface area contributed by atoms with Crippen molar-refractivity contribution in [3.05, 3.63) is 51.9 Å². The van der Waals surface area contributed by atoms with Crippen molar-refractivity contribution < 1.29 is 15.0 Å². The summed E-state index contributed by atoms with van der Waals surface area (Å²) in [5, 5.41) is 22.9. The van der Waals surface area contributed by atoms with Crippen molar-refractivity contribution in [2.75, 3.05) is 6.54 Å². The van der Waals surface area contributed by atoms with Crippen molar-refractivity contribution in [2.24, 2.45) is 5.11 Å². The quantitative estimate of drug-likeness (QED) is 0.257. The van der Waals surface area contributed by atoms with Gasteiger partial charge in [0.1, 0.15) is 12.4 Å². The summed E-state index contributed by atoms with van der Waals surface area (Å²) in [5.41, 5.74) is 9.51. The van der Waals surface area contributed by atoms with Crippen LogP contribution in [0.5, 0.6) is 0 Å². The van der Waals surface area contributed by atoms with Crippen LogP contribution in [0.15, 0.2) is 35.5 Å². The zero-order chi connectivity index (χ0) is 14.1. The Balaban J connectivity index is 2.65. The van der Waals surface area contributed by atoms with Crippen molar-refractivity contribution in [1.29, 1.82) is 0 Å². The largest absolute Gasteiger partial charge is 0.390 e. The van der Waals surface area contributed by atoms with Crippen molar-refractivity contribution in [3.8, 4) is 0 Å².